The van der Waals surface area contributed by atoms with Gasteiger partial charge in [-0.15, -0.1) is 6.58 Å². The van der Waals surface area contributed by atoms with Gasteiger partial charge in [-0.3, -0.25) is 29.4 Å². The minimum Gasteiger partial charge on any atom is -0.494 e. The molecule has 1 aliphatic rings. The minimum atomic E-state index is -0.587. The highest BCUT2D eigenvalue weighted by Crippen LogP contribution is 2.38. The van der Waals surface area contributed by atoms with E-state index in [2.05, 4.69) is 11.9 Å². The average Bonchev–Trinajstić information content (AvgIpc) is 3.25. The van der Waals surface area contributed by atoms with E-state index in [9.17, 15) is 24.5 Å². The van der Waals surface area contributed by atoms with Gasteiger partial charge in [-0.05, 0) is 85.6 Å². The van der Waals surface area contributed by atoms with Crippen LogP contribution in [0.15, 0.2) is 78.2 Å². The largest absolute Gasteiger partial charge is 0.494 e. The minimum absolute atomic E-state index is 0.0413. The van der Waals surface area contributed by atoms with E-state index in [4.69, 9.17) is 14.2 Å². The van der Waals surface area contributed by atoms with Crippen molar-refractivity contribution in [2.75, 3.05) is 25.1 Å². The maximum Gasteiger partial charge on any atom is 0.294 e. The summed E-state index contributed by atoms with van der Waals surface area (Å²) in [6.45, 7) is 7.96. The van der Waals surface area contributed by atoms with Crippen molar-refractivity contribution in [2.45, 2.75) is 26.9 Å². The monoisotopic (exact) mass is 617 g/mol. The number of non-ortho nitro benzene ring substituents is 1. The van der Waals surface area contributed by atoms with Gasteiger partial charge < -0.3 is 19.5 Å². The smallest absolute Gasteiger partial charge is 0.294 e. The molecule has 4 rings (SSSR count). The molecule has 1 N–H and O–H groups in total. The molecule has 0 radical (unpaired) electrons. The number of allylic oxidation sites excluding steroid dienone is 1. The first-order valence-electron chi connectivity index (χ1n) is 13.8. The molecule has 0 bridgehead atoms. The molecule has 0 aliphatic carbocycles. The Balaban J connectivity index is 1.52. The second-order valence-electron chi connectivity index (χ2n) is 9.42. The zero-order valence-electron chi connectivity index (χ0n) is 24.2. The zero-order chi connectivity index (χ0) is 31.6. The molecule has 3 aromatic carbocycles. The Kier molecular flexibility index (Phi) is 10.8. The van der Waals surface area contributed by atoms with Crippen LogP contribution in [0, 0.1) is 10.1 Å². The Labute approximate surface area is 258 Å². The number of amides is 3. The molecular weight excluding hydrogens is 586 g/mol. The summed E-state index contributed by atoms with van der Waals surface area (Å²) in [5, 5.41) is 13.3. The number of rotatable bonds is 14. The first kappa shape index (κ1) is 31.8. The van der Waals surface area contributed by atoms with Gasteiger partial charge in [0.05, 0.1) is 23.0 Å². The number of carbonyl (C=O) groups excluding carboxylic acids is 3. The SMILES string of the molecule is C=CCc1cc(/C=C2/SC(=O)N(CC(=O)Nc3ccc(OCC)cc3)C2=O)cc(OCC)c1OCc1cccc([N+](=O)[O-])c1. The number of ether oxygens (including phenoxy) is 3. The molecule has 3 amide bonds. The van der Waals surface area contributed by atoms with Crippen molar-refractivity contribution >= 4 is 46.3 Å². The second kappa shape index (κ2) is 14.9. The Morgan fingerprint density at radius 3 is 2.48 bits per heavy atom. The fourth-order valence-electron chi connectivity index (χ4n) is 4.35. The van der Waals surface area contributed by atoms with Crippen LogP contribution in [0.5, 0.6) is 17.2 Å². The molecule has 12 heteroatoms. The molecule has 44 heavy (non-hydrogen) atoms. The third-order valence-corrected chi connectivity index (χ3v) is 7.15. The molecule has 1 heterocycles. The summed E-state index contributed by atoms with van der Waals surface area (Å²) in [6, 6.07) is 16.4. The van der Waals surface area contributed by atoms with Crippen molar-refractivity contribution in [3.05, 3.63) is 105 Å². The maximum absolute atomic E-state index is 13.1. The molecule has 0 spiro atoms. The Hall–Kier alpha value is -5.10. The number of carbonyl (C=O) groups is 3. The summed E-state index contributed by atoms with van der Waals surface area (Å²) >= 11 is 0.741. The molecule has 0 aromatic heterocycles. The number of hydrogen-bond donors (Lipinski definition) is 1. The first-order chi connectivity index (χ1) is 21.2. The predicted octanol–water partition coefficient (Wildman–Crippen LogP) is 6.37. The van der Waals surface area contributed by atoms with E-state index in [1.807, 2.05) is 13.8 Å². The van der Waals surface area contributed by atoms with Crippen LogP contribution < -0.4 is 19.5 Å². The fraction of sp³-hybridized carbons (Fsp3) is 0.219. The number of nitrogens with zero attached hydrogens (tertiary/aromatic N) is 2. The molecule has 11 nitrogen and oxygen atoms in total. The summed E-state index contributed by atoms with van der Waals surface area (Å²) in [7, 11) is 0. The van der Waals surface area contributed by atoms with Crippen molar-refractivity contribution in [1.29, 1.82) is 0 Å². The van der Waals surface area contributed by atoms with Crippen molar-refractivity contribution in [2.24, 2.45) is 0 Å². The summed E-state index contributed by atoms with van der Waals surface area (Å²) in [4.78, 5) is 50.2. The summed E-state index contributed by atoms with van der Waals surface area (Å²) < 4.78 is 17.3. The second-order valence-corrected chi connectivity index (χ2v) is 10.4. The van der Waals surface area contributed by atoms with E-state index in [1.54, 1.807) is 60.7 Å². The molecular formula is C32H31N3O8S. The maximum atomic E-state index is 13.1. The van der Waals surface area contributed by atoms with E-state index in [-0.39, 0.29) is 17.2 Å². The number of hydrogen-bond acceptors (Lipinski definition) is 9. The summed E-state index contributed by atoms with van der Waals surface area (Å²) in [6.07, 6.45) is 3.65. The van der Waals surface area contributed by atoms with Crippen LogP contribution in [-0.4, -0.2) is 46.6 Å². The highest BCUT2D eigenvalue weighted by molar-refractivity contribution is 8.18. The van der Waals surface area contributed by atoms with Crippen LogP contribution in [0.3, 0.4) is 0 Å². The van der Waals surface area contributed by atoms with Crippen molar-refractivity contribution in [3.8, 4) is 17.2 Å². The quantitative estimate of drug-likeness (QED) is 0.0946. The van der Waals surface area contributed by atoms with E-state index < -0.39 is 28.5 Å². The van der Waals surface area contributed by atoms with E-state index in [0.29, 0.717) is 59.3 Å². The Morgan fingerprint density at radius 1 is 1.05 bits per heavy atom. The van der Waals surface area contributed by atoms with Gasteiger partial charge in [0.25, 0.3) is 16.8 Å². The number of benzene rings is 3. The Morgan fingerprint density at radius 2 is 1.80 bits per heavy atom. The van der Waals surface area contributed by atoms with Gasteiger partial charge in [-0.25, -0.2) is 0 Å². The summed E-state index contributed by atoms with van der Waals surface area (Å²) in [5.74, 6) is 0.394. The van der Waals surface area contributed by atoms with Gasteiger partial charge in [0.15, 0.2) is 11.5 Å². The highest BCUT2D eigenvalue weighted by Gasteiger charge is 2.36. The third kappa shape index (κ3) is 8.04. The van der Waals surface area contributed by atoms with E-state index in [0.717, 1.165) is 16.7 Å². The molecule has 3 aromatic rings. The topological polar surface area (TPSA) is 137 Å². The lowest BCUT2D eigenvalue weighted by Gasteiger charge is -2.17. The van der Waals surface area contributed by atoms with Gasteiger partial charge >= 0.3 is 0 Å². The molecule has 0 unspecified atom stereocenters. The fourth-order valence-corrected chi connectivity index (χ4v) is 5.19. The number of anilines is 1. The lowest BCUT2D eigenvalue weighted by atomic mass is 10.0. The van der Waals surface area contributed by atoms with Gasteiger partial charge in [0.2, 0.25) is 5.91 Å². The standard InChI is InChI=1S/C32H31N3O8S/c1-4-8-23-15-22(17-27(42-6-3)30(23)43-20-21-9-7-10-25(16-21)35(39)40)18-28-31(37)34(32(38)44-28)19-29(36)33-24-11-13-26(14-12-24)41-5-2/h4,7,9-18H,1,5-6,8,19-20H2,2-3H3,(H,33,36)/b28-18+. The normalized spacial score (nSPS) is 13.6. The van der Waals surface area contributed by atoms with Crippen LogP contribution in [0.1, 0.15) is 30.5 Å². The van der Waals surface area contributed by atoms with Crippen LogP contribution in [0.2, 0.25) is 0 Å². The lowest BCUT2D eigenvalue weighted by molar-refractivity contribution is -0.384. The lowest BCUT2D eigenvalue weighted by Crippen LogP contribution is -2.36. The van der Waals surface area contributed by atoms with Gasteiger partial charge in [0.1, 0.15) is 18.9 Å². The average molecular weight is 618 g/mol. The molecule has 0 atom stereocenters. The predicted molar refractivity (Wildman–Crippen MR) is 168 cm³/mol. The van der Waals surface area contributed by atoms with Crippen molar-refractivity contribution in [3.63, 3.8) is 0 Å². The van der Waals surface area contributed by atoms with Crippen LogP contribution in [0.4, 0.5) is 16.2 Å². The molecule has 0 saturated carbocycles. The van der Waals surface area contributed by atoms with Gasteiger partial charge in [-0.2, -0.15) is 0 Å². The molecule has 1 fully saturated rings. The number of imide groups is 1. The first-order valence-corrected chi connectivity index (χ1v) is 14.6. The van der Waals surface area contributed by atoms with Crippen molar-refractivity contribution < 1.29 is 33.5 Å². The van der Waals surface area contributed by atoms with Gasteiger partial charge in [0, 0.05) is 23.4 Å². The van der Waals surface area contributed by atoms with Gasteiger partial charge in [-0.1, -0.05) is 18.2 Å². The van der Waals surface area contributed by atoms with E-state index >= 15 is 0 Å². The highest BCUT2D eigenvalue weighted by atomic mass is 32.2. The molecule has 228 valence electrons. The Bertz CT molecular complexity index is 1600. The summed E-state index contributed by atoms with van der Waals surface area (Å²) in [5.41, 5.74) is 2.36. The number of nitro benzene ring substituents is 1. The van der Waals surface area contributed by atoms with Crippen LogP contribution in [0.25, 0.3) is 6.08 Å². The molecule has 1 saturated heterocycles. The number of thioether (sulfide) groups is 1. The van der Waals surface area contributed by atoms with Crippen molar-refractivity contribution in [1.82, 2.24) is 4.90 Å². The number of nitro groups is 1. The van der Waals surface area contributed by atoms with Crippen LogP contribution in [-0.2, 0) is 22.6 Å². The molecule has 1 aliphatic heterocycles. The zero-order valence-corrected chi connectivity index (χ0v) is 25.1. The number of nitrogens with one attached hydrogen (secondary N) is 1. The van der Waals surface area contributed by atoms with Crippen LogP contribution >= 0.6 is 11.8 Å². The third-order valence-electron chi connectivity index (χ3n) is 6.24. The van der Waals surface area contributed by atoms with E-state index in [1.165, 1.54) is 12.1 Å².